The minimum atomic E-state index is -1.52. The molecule has 2 aliphatic heterocycles. The number of hydrogen-bond acceptors (Lipinski definition) is 11. The van der Waals surface area contributed by atoms with Crippen LogP contribution in [0.3, 0.4) is 0 Å². The van der Waals surface area contributed by atoms with Crippen LogP contribution in [0.15, 0.2) is 54.6 Å². The maximum Gasteiger partial charge on any atom is 0.157 e. The highest BCUT2D eigenvalue weighted by Crippen LogP contribution is 2.57. The van der Waals surface area contributed by atoms with Gasteiger partial charge in [-0.05, 0) is 48.2 Å². The summed E-state index contributed by atoms with van der Waals surface area (Å²) < 4.78 is 12.3. The van der Waals surface area contributed by atoms with E-state index in [4.69, 9.17) is 9.47 Å². The lowest BCUT2D eigenvalue weighted by Crippen LogP contribution is -2.35. The van der Waals surface area contributed by atoms with Crippen LogP contribution >= 0.6 is 0 Å². The number of aliphatic hydroxyl groups excluding tert-OH is 1. The summed E-state index contributed by atoms with van der Waals surface area (Å²) in [6.45, 7) is 0. The van der Waals surface area contributed by atoms with Gasteiger partial charge in [0.2, 0.25) is 0 Å². The number of phenols is 8. The van der Waals surface area contributed by atoms with Gasteiger partial charge in [-0.1, -0.05) is 12.1 Å². The predicted molar refractivity (Wildman–Crippen MR) is 142 cm³/mol. The Kier molecular flexibility index (Phi) is 6.04. The Bertz CT molecular complexity index is 1680. The standard InChI is InChI=1S/C30H26O11/c31-14-9-21(37)25-24(10-14)41-29(13-2-5-17(33)20(36)8-13)28(39)27(25)26-22(38)11-18(34)15-3-6-23(40-30(15)26)12-1-4-16(32)19(35)7-12/h1-2,4-5,7-11,23,27-29,31-39H,3,6H2/t23?,27?,28-,29?/m0/s1. The summed E-state index contributed by atoms with van der Waals surface area (Å²) in [5.41, 5.74) is 1.16. The molecule has 0 aromatic heterocycles. The van der Waals surface area contributed by atoms with Crippen LogP contribution in [0, 0.1) is 0 Å². The van der Waals surface area contributed by atoms with Gasteiger partial charge in [0, 0.05) is 34.9 Å². The fourth-order valence-corrected chi connectivity index (χ4v) is 5.68. The summed E-state index contributed by atoms with van der Waals surface area (Å²) in [4.78, 5) is 0. The summed E-state index contributed by atoms with van der Waals surface area (Å²) in [5.74, 6) is -4.20. The molecule has 0 amide bonds. The number of fused-ring (bicyclic) bond motifs is 2. The van der Waals surface area contributed by atoms with Crippen LogP contribution in [0.5, 0.6) is 57.5 Å². The van der Waals surface area contributed by atoms with Gasteiger partial charge in [0.15, 0.2) is 29.1 Å². The molecule has 212 valence electrons. The van der Waals surface area contributed by atoms with E-state index in [1.54, 1.807) is 6.07 Å². The largest absolute Gasteiger partial charge is 0.508 e. The molecule has 2 aliphatic rings. The second-order valence-corrected chi connectivity index (χ2v) is 10.2. The van der Waals surface area contributed by atoms with Crippen LogP contribution in [0.25, 0.3) is 0 Å². The molecule has 4 aromatic rings. The summed E-state index contributed by atoms with van der Waals surface area (Å²) >= 11 is 0. The molecule has 0 spiro atoms. The van der Waals surface area contributed by atoms with E-state index in [1.165, 1.54) is 36.4 Å². The van der Waals surface area contributed by atoms with Crippen LogP contribution in [-0.2, 0) is 6.42 Å². The average Bonchev–Trinajstić information content (AvgIpc) is 2.92. The van der Waals surface area contributed by atoms with Gasteiger partial charge in [-0.3, -0.25) is 0 Å². The van der Waals surface area contributed by atoms with Crippen molar-refractivity contribution in [2.24, 2.45) is 0 Å². The number of hydrogen-bond donors (Lipinski definition) is 9. The first-order chi connectivity index (χ1) is 19.5. The third-order valence-electron chi connectivity index (χ3n) is 7.63. The second kappa shape index (κ2) is 9.49. The van der Waals surface area contributed by atoms with Crippen LogP contribution in [-0.4, -0.2) is 52.1 Å². The van der Waals surface area contributed by atoms with E-state index in [1.807, 2.05) is 0 Å². The van der Waals surface area contributed by atoms with Gasteiger partial charge >= 0.3 is 0 Å². The Morgan fingerprint density at radius 1 is 0.585 bits per heavy atom. The Morgan fingerprint density at radius 3 is 1.90 bits per heavy atom. The van der Waals surface area contributed by atoms with E-state index < -0.39 is 47.2 Å². The zero-order valence-electron chi connectivity index (χ0n) is 21.3. The fourth-order valence-electron chi connectivity index (χ4n) is 5.68. The van der Waals surface area contributed by atoms with Crippen LogP contribution in [0.4, 0.5) is 0 Å². The minimum Gasteiger partial charge on any atom is -0.508 e. The SMILES string of the molecule is Oc1cc(O)c2c(c1)OC(c1ccc(O)c(O)c1)[C@@H](O)C2c1c(O)cc(O)c2c1OC(c1ccc(O)c(O)c1)CC2. The average molecular weight is 563 g/mol. The zero-order valence-corrected chi connectivity index (χ0v) is 21.3. The lowest BCUT2D eigenvalue weighted by atomic mass is 9.77. The maximum atomic E-state index is 11.7. The smallest absolute Gasteiger partial charge is 0.157 e. The van der Waals surface area contributed by atoms with E-state index >= 15 is 0 Å². The quantitative estimate of drug-likeness (QED) is 0.163. The first kappa shape index (κ1) is 26.1. The van der Waals surface area contributed by atoms with Crippen molar-refractivity contribution in [2.75, 3.05) is 0 Å². The molecule has 0 saturated carbocycles. The van der Waals surface area contributed by atoms with Crippen LogP contribution < -0.4 is 9.47 Å². The highest BCUT2D eigenvalue weighted by Gasteiger charge is 2.45. The lowest BCUT2D eigenvalue weighted by molar-refractivity contribution is 0.00582. The summed E-state index contributed by atoms with van der Waals surface area (Å²) in [6, 6.07) is 11.5. The van der Waals surface area contributed by atoms with Gasteiger partial charge in [0.1, 0.15) is 46.7 Å². The Labute approximate surface area is 232 Å². The van der Waals surface area contributed by atoms with E-state index in [0.717, 1.165) is 12.1 Å². The van der Waals surface area contributed by atoms with Gasteiger partial charge in [0.05, 0.1) is 5.92 Å². The molecule has 0 saturated heterocycles. The molecule has 0 radical (unpaired) electrons. The first-order valence-electron chi connectivity index (χ1n) is 12.7. The fraction of sp³-hybridized carbons (Fsp3) is 0.200. The Balaban J connectivity index is 1.54. The molecule has 0 aliphatic carbocycles. The van der Waals surface area contributed by atoms with Crippen molar-refractivity contribution in [3.05, 3.63) is 82.4 Å². The van der Waals surface area contributed by atoms with Gasteiger partial charge in [-0.25, -0.2) is 0 Å². The molecule has 6 rings (SSSR count). The molecule has 4 aromatic carbocycles. The molecular formula is C30H26O11. The molecule has 11 nitrogen and oxygen atoms in total. The Morgan fingerprint density at radius 2 is 1.22 bits per heavy atom. The van der Waals surface area contributed by atoms with E-state index in [-0.39, 0.29) is 57.6 Å². The highest BCUT2D eigenvalue weighted by molar-refractivity contribution is 5.65. The monoisotopic (exact) mass is 562 g/mol. The van der Waals surface area contributed by atoms with Crippen molar-refractivity contribution in [3.8, 4) is 57.5 Å². The van der Waals surface area contributed by atoms with Crippen molar-refractivity contribution in [1.29, 1.82) is 0 Å². The maximum absolute atomic E-state index is 11.7. The van der Waals surface area contributed by atoms with Gasteiger partial charge in [-0.2, -0.15) is 0 Å². The van der Waals surface area contributed by atoms with Crippen LogP contribution in [0.2, 0.25) is 0 Å². The minimum absolute atomic E-state index is 0.0209. The van der Waals surface area contributed by atoms with Gasteiger partial charge in [0.25, 0.3) is 0 Å². The third-order valence-corrected chi connectivity index (χ3v) is 7.63. The molecular weight excluding hydrogens is 536 g/mol. The first-order valence-corrected chi connectivity index (χ1v) is 12.7. The molecule has 3 unspecified atom stereocenters. The highest BCUT2D eigenvalue weighted by atomic mass is 16.5. The lowest BCUT2D eigenvalue weighted by Gasteiger charge is -2.39. The number of ether oxygens (including phenoxy) is 2. The predicted octanol–water partition coefficient (Wildman–Crippen LogP) is 4.02. The van der Waals surface area contributed by atoms with Crippen molar-refractivity contribution < 1.29 is 55.4 Å². The van der Waals surface area contributed by atoms with Crippen molar-refractivity contribution >= 4 is 0 Å². The summed E-state index contributed by atoms with van der Waals surface area (Å²) in [6.07, 6.45) is -2.76. The van der Waals surface area contributed by atoms with Crippen molar-refractivity contribution in [1.82, 2.24) is 0 Å². The number of aliphatic hydroxyl groups is 1. The number of benzene rings is 4. The molecule has 2 heterocycles. The van der Waals surface area contributed by atoms with Crippen molar-refractivity contribution in [2.45, 2.75) is 37.1 Å². The van der Waals surface area contributed by atoms with Crippen molar-refractivity contribution in [3.63, 3.8) is 0 Å². The molecule has 41 heavy (non-hydrogen) atoms. The number of rotatable bonds is 3. The van der Waals surface area contributed by atoms with E-state index in [2.05, 4.69) is 0 Å². The number of phenolic OH excluding ortho intramolecular Hbond substituents is 8. The molecule has 0 bridgehead atoms. The van der Waals surface area contributed by atoms with Gasteiger partial charge < -0.3 is 55.4 Å². The zero-order chi connectivity index (χ0) is 29.2. The second-order valence-electron chi connectivity index (χ2n) is 10.2. The Hall–Kier alpha value is -5.16. The number of aromatic hydroxyl groups is 8. The normalized spacial score (nSPS) is 21.3. The van der Waals surface area contributed by atoms with Gasteiger partial charge in [-0.15, -0.1) is 0 Å². The van der Waals surface area contributed by atoms with E-state index in [0.29, 0.717) is 17.5 Å². The molecule has 4 atom stereocenters. The van der Waals surface area contributed by atoms with Crippen LogP contribution in [0.1, 0.15) is 52.4 Å². The molecule has 9 N–H and O–H groups in total. The summed E-state index contributed by atoms with van der Waals surface area (Å²) in [5, 5.41) is 94.4. The summed E-state index contributed by atoms with van der Waals surface area (Å²) in [7, 11) is 0. The van der Waals surface area contributed by atoms with E-state index in [9.17, 15) is 46.0 Å². The molecule has 0 fully saturated rings. The third kappa shape index (κ3) is 4.27. The molecule has 11 heteroatoms. The topological polar surface area (TPSA) is 201 Å².